The fourth-order valence-electron chi connectivity index (χ4n) is 1.97. The van der Waals surface area contributed by atoms with Gasteiger partial charge in [0.25, 0.3) is 0 Å². The van der Waals surface area contributed by atoms with Gasteiger partial charge in [0.15, 0.2) is 0 Å². The van der Waals surface area contributed by atoms with Crippen molar-refractivity contribution < 1.29 is 9.53 Å². The molecule has 2 atom stereocenters. The molecule has 19 heavy (non-hydrogen) atoms. The lowest BCUT2D eigenvalue weighted by Crippen LogP contribution is -2.48. The summed E-state index contributed by atoms with van der Waals surface area (Å²) in [6.45, 7) is 13.4. The number of nitrogens with one attached hydrogen (secondary N) is 2. The van der Waals surface area contributed by atoms with Crippen molar-refractivity contribution in [1.82, 2.24) is 15.5 Å². The van der Waals surface area contributed by atoms with Crippen molar-refractivity contribution in [3.05, 3.63) is 0 Å². The number of nitrogens with zero attached hydrogens (tertiary/aromatic N) is 1. The molecule has 0 aliphatic carbocycles. The molecule has 1 rings (SSSR count). The molecule has 0 bridgehead atoms. The number of hydrogen-bond donors (Lipinski definition) is 2. The van der Waals surface area contributed by atoms with Crippen LogP contribution in [0.3, 0.4) is 0 Å². The summed E-state index contributed by atoms with van der Waals surface area (Å²) >= 11 is 0. The lowest BCUT2D eigenvalue weighted by atomic mass is 10.1. The summed E-state index contributed by atoms with van der Waals surface area (Å²) < 4.78 is 5.32. The minimum absolute atomic E-state index is 0.0787. The lowest BCUT2D eigenvalue weighted by molar-refractivity contribution is -0.121. The Labute approximate surface area is 117 Å². The molecule has 1 aliphatic heterocycles. The molecule has 1 heterocycles. The minimum Gasteiger partial charge on any atom is -0.379 e. The van der Waals surface area contributed by atoms with Crippen LogP contribution in [0.15, 0.2) is 0 Å². The zero-order valence-electron chi connectivity index (χ0n) is 12.7. The first kappa shape index (κ1) is 16.4. The maximum Gasteiger partial charge on any atom is 0.234 e. The van der Waals surface area contributed by atoms with E-state index < -0.39 is 0 Å². The lowest BCUT2D eigenvalue weighted by Gasteiger charge is -2.29. The first-order valence-corrected chi connectivity index (χ1v) is 7.32. The smallest absolute Gasteiger partial charge is 0.234 e. The van der Waals surface area contributed by atoms with Gasteiger partial charge in [-0.1, -0.05) is 13.8 Å². The van der Waals surface area contributed by atoms with Gasteiger partial charge in [-0.3, -0.25) is 9.69 Å². The highest BCUT2D eigenvalue weighted by Gasteiger charge is 2.15. The maximum absolute atomic E-state index is 11.7. The Hall–Kier alpha value is -0.650. The molecule has 0 spiro atoms. The molecule has 1 amide bonds. The highest BCUT2D eigenvalue weighted by molar-refractivity contribution is 5.78. The molecule has 1 aliphatic rings. The molecule has 2 unspecified atom stereocenters. The number of hydrogen-bond acceptors (Lipinski definition) is 4. The van der Waals surface area contributed by atoms with Crippen LogP contribution in [0.1, 0.15) is 27.7 Å². The van der Waals surface area contributed by atoms with Crippen LogP contribution < -0.4 is 10.6 Å². The number of rotatable bonds is 7. The highest BCUT2D eigenvalue weighted by atomic mass is 16.5. The number of amides is 1. The van der Waals surface area contributed by atoms with Crippen LogP contribution in [-0.2, 0) is 9.53 Å². The zero-order valence-corrected chi connectivity index (χ0v) is 12.7. The average Bonchev–Trinajstić information content (AvgIpc) is 2.37. The molecule has 0 aromatic rings. The fraction of sp³-hybridized carbons (Fsp3) is 0.929. The maximum atomic E-state index is 11.7. The van der Waals surface area contributed by atoms with Gasteiger partial charge in [-0.25, -0.2) is 0 Å². The summed E-state index contributed by atoms with van der Waals surface area (Å²) in [4.78, 5) is 14.1. The Bertz CT molecular complexity index is 265. The Morgan fingerprint density at radius 1 is 1.21 bits per heavy atom. The van der Waals surface area contributed by atoms with Gasteiger partial charge in [0.1, 0.15) is 0 Å². The minimum atomic E-state index is 0.0787. The first-order chi connectivity index (χ1) is 8.99. The highest BCUT2D eigenvalue weighted by Crippen LogP contribution is 2.00. The molecule has 1 saturated heterocycles. The van der Waals surface area contributed by atoms with Crippen LogP contribution in [0.25, 0.3) is 0 Å². The third-order valence-corrected chi connectivity index (χ3v) is 3.64. The van der Waals surface area contributed by atoms with Crippen molar-refractivity contribution in [2.75, 3.05) is 39.4 Å². The van der Waals surface area contributed by atoms with Gasteiger partial charge in [0.05, 0.1) is 19.8 Å². The van der Waals surface area contributed by atoms with Crippen LogP contribution in [0.5, 0.6) is 0 Å². The van der Waals surface area contributed by atoms with Crippen LogP contribution in [-0.4, -0.2) is 62.3 Å². The van der Waals surface area contributed by atoms with Crippen molar-refractivity contribution in [1.29, 1.82) is 0 Å². The van der Waals surface area contributed by atoms with E-state index in [0.29, 0.717) is 18.5 Å². The quantitative estimate of drug-likeness (QED) is 0.706. The van der Waals surface area contributed by atoms with Gasteiger partial charge in [0, 0.05) is 31.7 Å². The van der Waals surface area contributed by atoms with Gasteiger partial charge < -0.3 is 15.4 Å². The Balaban J connectivity index is 2.14. The molecule has 1 fully saturated rings. The number of carbonyl (C=O) groups excluding carboxylic acids is 1. The standard InChI is InChI=1S/C14H29N3O2/c1-11(2)13(4)16-14(18)9-15-12(3)10-17-5-7-19-8-6-17/h11-13,15H,5-10H2,1-4H3,(H,16,18). The van der Waals surface area contributed by atoms with Gasteiger partial charge in [0.2, 0.25) is 5.91 Å². The topological polar surface area (TPSA) is 53.6 Å². The Morgan fingerprint density at radius 3 is 2.42 bits per heavy atom. The van der Waals surface area contributed by atoms with E-state index in [9.17, 15) is 4.79 Å². The molecule has 0 aromatic carbocycles. The zero-order chi connectivity index (χ0) is 14.3. The third-order valence-electron chi connectivity index (χ3n) is 3.64. The molecule has 0 saturated carbocycles. The summed E-state index contributed by atoms with van der Waals surface area (Å²) in [7, 11) is 0. The van der Waals surface area contributed by atoms with Crippen molar-refractivity contribution in [2.24, 2.45) is 5.92 Å². The van der Waals surface area contributed by atoms with E-state index in [-0.39, 0.29) is 11.9 Å². The van der Waals surface area contributed by atoms with Crippen molar-refractivity contribution in [3.63, 3.8) is 0 Å². The molecule has 0 aromatic heterocycles. The Morgan fingerprint density at radius 2 is 1.84 bits per heavy atom. The largest absolute Gasteiger partial charge is 0.379 e. The monoisotopic (exact) mass is 271 g/mol. The van der Waals surface area contributed by atoms with E-state index in [0.717, 1.165) is 32.8 Å². The van der Waals surface area contributed by atoms with Crippen LogP contribution in [0.4, 0.5) is 0 Å². The fourth-order valence-corrected chi connectivity index (χ4v) is 1.97. The van der Waals surface area contributed by atoms with Gasteiger partial charge in [-0.05, 0) is 19.8 Å². The van der Waals surface area contributed by atoms with Crippen molar-refractivity contribution in [3.8, 4) is 0 Å². The predicted octanol–water partition coefficient (Wildman–Crippen LogP) is 0.457. The molecule has 5 nitrogen and oxygen atoms in total. The number of ether oxygens (including phenoxy) is 1. The summed E-state index contributed by atoms with van der Waals surface area (Å²) in [5.41, 5.74) is 0. The summed E-state index contributed by atoms with van der Waals surface area (Å²) in [6.07, 6.45) is 0. The van der Waals surface area contributed by atoms with Crippen LogP contribution >= 0.6 is 0 Å². The summed E-state index contributed by atoms with van der Waals surface area (Å²) in [6, 6.07) is 0.544. The van der Waals surface area contributed by atoms with Gasteiger partial charge in [-0.2, -0.15) is 0 Å². The van der Waals surface area contributed by atoms with Gasteiger partial charge >= 0.3 is 0 Å². The van der Waals surface area contributed by atoms with E-state index in [4.69, 9.17) is 4.74 Å². The molecule has 2 N–H and O–H groups in total. The van der Waals surface area contributed by atoms with Gasteiger partial charge in [-0.15, -0.1) is 0 Å². The average molecular weight is 271 g/mol. The van der Waals surface area contributed by atoms with E-state index in [1.165, 1.54) is 0 Å². The van der Waals surface area contributed by atoms with E-state index >= 15 is 0 Å². The SMILES string of the molecule is CC(CN1CCOCC1)NCC(=O)NC(C)C(C)C. The van der Waals surface area contributed by atoms with Crippen molar-refractivity contribution in [2.45, 2.75) is 39.8 Å². The Kier molecular flexibility index (Phi) is 7.34. The first-order valence-electron chi connectivity index (χ1n) is 7.32. The second-order valence-corrected chi connectivity index (χ2v) is 5.80. The third kappa shape index (κ3) is 6.89. The van der Waals surface area contributed by atoms with E-state index in [2.05, 4.69) is 36.3 Å². The molecule has 112 valence electrons. The van der Waals surface area contributed by atoms with E-state index in [1.54, 1.807) is 0 Å². The van der Waals surface area contributed by atoms with Crippen LogP contribution in [0.2, 0.25) is 0 Å². The van der Waals surface area contributed by atoms with E-state index in [1.807, 2.05) is 6.92 Å². The second kappa shape index (κ2) is 8.51. The number of carbonyl (C=O) groups is 1. The molecular formula is C14H29N3O2. The predicted molar refractivity (Wildman–Crippen MR) is 77.2 cm³/mol. The second-order valence-electron chi connectivity index (χ2n) is 5.80. The molecular weight excluding hydrogens is 242 g/mol. The normalized spacial score (nSPS) is 20.3. The summed E-state index contributed by atoms with van der Waals surface area (Å²) in [5, 5.41) is 6.28. The number of morpholine rings is 1. The van der Waals surface area contributed by atoms with Crippen molar-refractivity contribution >= 4 is 5.91 Å². The van der Waals surface area contributed by atoms with Crippen LogP contribution in [0, 0.1) is 5.92 Å². The molecule has 0 radical (unpaired) electrons. The summed E-state index contributed by atoms with van der Waals surface area (Å²) in [5.74, 6) is 0.546. The molecule has 5 heteroatoms.